The zero-order chi connectivity index (χ0) is 35.9. The molecule has 0 atom stereocenters. The van der Waals surface area contributed by atoms with Gasteiger partial charge in [-0.2, -0.15) is 26.3 Å². The van der Waals surface area contributed by atoms with Crippen molar-refractivity contribution in [3.63, 3.8) is 0 Å². The van der Waals surface area contributed by atoms with E-state index in [1.807, 2.05) is 26.8 Å². The molecule has 7 rings (SSSR count). The van der Waals surface area contributed by atoms with E-state index >= 15 is 13.2 Å². The molecular weight excluding hydrogens is 669 g/mol. The summed E-state index contributed by atoms with van der Waals surface area (Å²) in [6, 6.07) is 21.6. The molecule has 0 N–H and O–H groups in total. The molecule has 0 unspecified atom stereocenters. The van der Waals surface area contributed by atoms with Gasteiger partial charge in [0.25, 0.3) is 11.3 Å². The fourth-order valence-corrected chi connectivity index (χ4v) is 8.16. The van der Waals surface area contributed by atoms with Gasteiger partial charge in [0.2, 0.25) is 0 Å². The highest BCUT2D eigenvalue weighted by Crippen LogP contribution is 2.50. The van der Waals surface area contributed by atoms with Crippen molar-refractivity contribution in [1.82, 2.24) is 0 Å². The smallest absolute Gasteiger partial charge is 0.286 e. The molecule has 0 radical (unpaired) electrons. The van der Waals surface area contributed by atoms with Gasteiger partial charge in [0.15, 0.2) is 15.6 Å². The van der Waals surface area contributed by atoms with E-state index in [1.54, 1.807) is 65.4 Å². The van der Waals surface area contributed by atoms with Crippen molar-refractivity contribution >= 4 is 45.2 Å². The van der Waals surface area contributed by atoms with E-state index in [0.29, 0.717) is 38.8 Å². The first-order valence-corrected chi connectivity index (χ1v) is 16.8. The fourth-order valence-electron chi connectivity index (χ4n) is 6.73. The average molecular weight is 702 g/mol. The van der Waals surface area contributed by atoms with Crippen molar-refractivity contribution in [2.75, 3.05) is 0 Å². The number of aryl methyl sites for hydroxylation is 2. The number of alkyl halides is 6. The Balaban J connectivity index is 1.27. The first kappa shape index (κ1) is 33.7. The Bertz CT molecular complexity index is 2350. The lowest BCUT2D eigenvalue weighted by molar-refractivity contribution is -0.417. The maximum atomic E-state index is 15.0. The topological polar surface area (TPSA) is 14.3 Å². The molecule has 9 heteroatoms. The predicted molar refractivity (Wildman–Crippen MR) is 190 cm³/mol. The molecule has 1 aliphatic rings. The zero-order valence-corrected chi connectivity index (χ0v) is 28.8. The molecule has 0 bridgehead atoms. The number of hydrogen-bond acceptors (Lipinski definition) is 0. The lowest BCUT2D eigenvalue weighted by Crippen LogP contribution is -2.34. The molecule has 4 aromatic carbocycles. The lowest BCUT2D eigenvalue weighted by Gasteiger charge is -2.27. The highest BCUT2D eigenvalue weighted by Gasteiger charge is 2.47. The van der Waals surface area contributed by atoms with E-state index in [9.17, 15) is 13.2 Å². The van der Waals surface area contributed by atoms with Crippen LogP contribution in [-0.4, -0.2) is 17.5 Å². The Morgan fingerprint density at radius 3 is 2.28 bits per heavy atom. The molecular formula is C41H33F6NOS. The van der Waals surface area contributed by atoms with Crippen molar-refractivity contribution < 1.29 is 35.3 Å². The van der Waals surface area contributed by atoms with Crippen LogP contribution in [0.25, 0.3) is 49.6 Å². The van der Waals surface area contributed by atoms with Crippen LogP contribution < -0.4 is 0 Å². The van der Waals surface area contributed by atoms with Gasteiger partial charge in [0.1, 0.15) is 17.5 Å². The van der Waals surface area contributed by atoms with Crippen molar-refractivity contribution in [1.29, 1.82) is 0 Å². The standard InChI is InChI=1S/C41H33F6NOS/c1-22-17-23(2)24(3)32(18-22)36-38-31(15-16-48(36)6)30-14-13-29(35(37(30)50-38)40(42,43)44)26-9-11-27(12-10-26)34-20-28-8-7-25(19-33(28)49-34)21-39(4,5)41(45,46)47/h7-20H,6,21H2,1-5H3. The molecule has 50 heavy (non-hydrogen) atoms. The molecule has 0 spiro atoms. The van der Waals surface area contributed by atoms with Crippen LogP contribution in [0.3, 0.4) is 0 Å². The van der Waals surface area contributed by atoms with Gasteiger partial charge >= 0.3 is 12.4 Å². The van der Waals surface area contributed by atoms with Gasteiger partial charge in [-0.05, 0) is 65.4 Å². The minimum Gasteiger partial charge on any atom is -0.286 e. The molecule has 6 aromatic rings. The molecule has 256 valence electrons. The van der Waals surface area contributed by atoms with Gasteiger partial charge in [0.05, 0.1) is 17.7 Å². The summed E-state index contributed by atoms with van der Waals surface area (Å²) in [4.78, 5) is 0.735. The van der Waals surface area contributed by atoms with Crippen LogP contribution in [0.1, 0.15) is 57.7 Å². The zero-order valence-electron chi connectivity index (χ0n) is 28.0. The van der Waals surface area contributed by atoms with Crippen LogP contribution in [0, 0.1) is 32.2 Å². The number of fused-ring (bicyclic) bond motifs is 4. The van der Waals surface area contributed by atoms with Crippen LogP contribution in [0.15, 0.2) is 83.4 Å². The van der Waals surface area contributed by atoms with Crippen molar-refractivity contribution in [3.8, 4) is 22.5 Å². The molecule has 0 fully saturated rings. The second-order valence-corrected chi connectivity index (χ2v) is 14.7. The van der Waals surface area contributed by atoms with Crippen LogP contribution in [0.5, 0.6) is 0 Å². The monoisotopic (exact) mass is 701 g/mol. The summed E-state index contributed by atoms with van der Waals surface area (Å²) in [6.07, 6.45) is -5.58. The Labute approximate surface area is 290 Å². The third kappa shape index (κ3) is 5.71. The first-order chi connectivity index (χ1) is 23.4. The Hall–Kier alpha value is -4.76. The maximum Gasteiger partial charge on any atom is 0.408 e. The summed E-state index contributed by atoms with van der Waals surface area (Å²) in [5.74, 6) is 0.463. The first-order valence-electron chi connectivity index (χ1n) is 16.0. The van der Waals surface area contributed by atoms with E-state index < -0.39 is 23.3 Å². The highest BCUT2D eigenvalue weighted by atomic mass is 32.1. The van der Waals surface area contributed by atoms with Crippen LogP contribution in [0.2, 0.25) is 0 Å². The van der Waals surface area contributed by atoms with Crippen molar-refractivity contribution in [2.45, 2.75) is 53.4 Å². The number of halogens is 6. The van der Waals surface area contributed by atoms with E-state index in [-0.39, 0.29) is 16.7 Å². The Kier molecular flexibility index (Phi) is 7.86. The summed E-state index contributed by atoms with van der Waals surface area (Å²) in [5, 5.41) is 1.24. The number of rotatable bonds is 5. The van der Waals surface area contributed by atoms with Gasteiger partial charge < -0.3 is 0 Å². The average Bonchev–Trinajstić information content (AvgIpc) is 3.62. The quantitative estimate of drug-likeness (QED) is 0.0755. The summed E-state index contributed by atoms with van der Waals surface area (Å²) in [6.45, 7) is 12.5. The van der Waals surface area contributed by atoms with Gasteiger partial charge in [-0.25, -0.2) is 0 Å². The maximum absolute atomic E-state index is 15.0. The normalized spacial score (nSPS) is 13.9. The minimum absolute atomic E-state index is 0.0660. The number of thiophene rings is 1. The highest BCUT2D eigenvalue weighted by molar-refractivity contribution is 7.20. The third-order valence-electron chi connectivity index (χ3n) is 9.65. The molecule has 3 heterocycles. The van der Waals surface area contributed by atoms with E-state index in [0.717, 1.165) is 63.9 Å². The van der Waals surface area contributed by atoms with Crippen LogP contribution >= 0.6 is 11.3 Å². The lowest BCUT2D eigenvalue weighted by atomic mass is 9.85. The van der Waals surface area contributed by atoms with Gasteiger partial charge in [-0.1, -0.05) is 85.0 Å². The molecule has 0 saturated carbocycles. The SMILES string of the molecule is C=[N+]1C=Cc2c([s+][c-]3c(C(F)(F)F)c(-c4ccc(-[c-]5cc6ccc(CC(C)(C)C(F)(F)F)cc6[o+]5)cc4)ccc23)[C-]1c1cc(C)cc(C)c1C. The number of hydrogen-bond donors (Lipinski definition) is 0. The van der Waals surface area contributed by atoms with Gasteiger partial charge in [-0.3, -0.25) is 8.99 Å². The summed E-state index contributed by atoms with van der Waals surface area (Å²) in [5.41, 5.74) is 4.29. The fraction of sp³-hybridized carbons (Fsp3) is 0.220. The molecule has 2 aromatic heterocycles. The van der Waals surface area contributed by atoms with Crippen molar-refractivity contribution in [3.05, 3.63) is 129 Å². The largest absolute Gasteiger partial charge is 0.408 e. The number of furan rings is 1. The molecule has 0 saturated heterocycles. The van der Waals surface area contributed by atoms with Crippen molar-refractivity contribution in [2.24, 2.45) is 5.41 Å². The number of nitrogens with zero attached hydrogens (tertiary/aromatic N) is 1. The summed E-state index contributed by atoms with van der Waals surface area (Å²) < 4.78 is 93.5. The molecule has 0 amide bonds. The van der Waals surface area contributed by atoms with Crippen LogP contribution in [0.4, 0.5) is 26.3 Å². The third-order valence-corrected chi connectivity index (χ3v) is 10.9. The van der Waals surface area contributed by atoms with Gasteiger partial charge in [-0.15, -0.1) is 24.3 Å². The Morgan fingerprint density at radius 1 is 0.880 bits per heavy atom. The predicted octanol–water partition coefficient (Wildman–Crippen LogP) is 12.7. The van der Waals surface area contributed by atoms with Crippen LogP contribution in [-0.2, 0) is 12.6 Å². The second-order valence-electron chi connectivity index (χ2n) is 13.7. The van der Waals surface area contributed by atoms with E-state index in [2.05, 4.69) is 18.9 Å². The minimum atomic E-state index is -4.64. The molecule has 1 aliphatic heterocycles. The number of benzene rings is 4. The van der Waals surface area contributed by atoms with E-state index in [4.69, 9.17) is 4.42 Å². The summed E-state index contributed by atoms with van der Waals surface area (Å²) in [7, 11) is 0. The second kappa shape index (κ2) is 11.7. The Morgan fingerprint density at radius 2 is 1.60 bits per heavy atom. The summed E-state index contributed by atoms with van der Waals surface area (Å²) >= 11 is 1.13. The molecule has 0 aliphatic carbocycles. The molecule has 2 nitrogen and oxygen atoms in total. The van der Waals surface area contributed by atoms with E-state index in [1.165, 1.54) is 6.07 Å². The van der Waals surface area contributed by atoms with Gasteiger partial charge in [0, 0.05) is 6.07 Å².